The first-order valence-electron chi connectivity index (χ1n) is 4.40. The van der Waals surface area contributed by atoms with Crippen LogP contribution in [-0.4, -0.2) is 23.7 Å². The highest BCUT2D eigenvalue weighted by molar-refractivity contribution is 6.35. The van der Waals surface area contributed by atoms with Gasteiger partial charge in [0.1, 0.15) is 0 Å². The van der Waals surface area contributed by atoms with Crippen LogP contribution in [0.2, 0.25) is 10.0 Å². The number of aliphatic hydroxyl groups excluding tert-OH is 1. The molecule has 1 amide bonds. The van der Waals surface area contributed by atoms with Crippen LogP contribution in [-0.2, 0) is 0 Å². The molecule has 0 unspecified atom stereocenters. The molecule has 1 rings (SSSR count). The molecule has 0 radical (unpaired) electrons. The highest BCUT2D eigenvalue weighted by Crippen LogP contribution is 2.18. The Labute approximate surface area is 98.0 Å². The Kier molecular flexibility index (Phi) is 4.39. The lowest BCUT2D eigenvalue weighted by Gasteiger charge is -2.10. The smallest absolute Gasteiger partial charge is 0.251 e. The molecule has 82 valence electrons. The molecule has 0 aliphatic carbocycles. The fourth-order valence-electron chi connectivity index (χ4n) is 1.04. The minimum absolute atomic E-state index is 0.111. The first-order chi connectivity index (χ1) is 7.02. The molecule has 15 heavy (non-hydrogen) atoms. The van der Waals surface area contributed by atoms with Crippen molar-refractivity contribution in [3.05, 3.63) is 33.8 Å². The lowest BCUT2D eigenvalue weighted by Crippen LogP contribution is -2.34. The molecule has 1 aromatic carbocycles. The standard InChI is InChI=1S/C10H11Cl2NO2/c1-6(5-14)13-10(15)7-2-8(11)4-9(12)3-7/h2-4,6,14H,5H2,1H3,(H,13,15)/t6-/m0/s1. The molecule has 0 fully saturated rings. The number of hydrogen-bond acceptors (Lipinski definition) is 2. The summed E-state index contributed by atoms with van der Waals surface area (Å²) in [5.41, 5.74) is 0.382. The van der Waals surface area contributed by atoms with Crippen molar-refractivity contribution in [2.75, 3.05) is 6.61 Å². The van der Waals surface area contributed by atoms with Crippen molar-refractivity contribution in [3.63, 3.8) is 0 Å². The first kappa shape index (κ1) is 12.3. The molecule has 2 N–H and O–H groups in total. The molecule has 0 heterocycles. The van der Waals surface area contributed by atoms with Gasteiger partial charge in [-0.25, -0.2) is 0 Å². The maximum Gasteiger partial charge on any atom is 0.251 e. The number of nitrogens with one attached hydrogen (secondary N) is 1. The third-order valence-electron chi connectivity index (χ3n) is 1.78. The van der Waals surface area contributed by atoms with Gasteiger partial charge in [-0.1, -0.05) is 23.2 Å². The van der Waals surface area contributed by atoms with E-state index in [-0.39, 0.29) is 18.6 Å². The summed E-state index contributed by atoms with van der Waals surface area (Å²) in [6.07, 6.45) is 0. The fraction of sp³-hybridized carbons (Fsp3) is 0.300. The van der Waals surface area contributed by atoms with E-state index in [0.717, 1.165) is 0 Å². The number of benzene rings is 1. The largest absolute Gasteiger partial charge is 0.394 e. The Morgan fingerprint density at radius 1 is 1.40 bits per heavy atom. The van der Waals surface area contributed by atoms with Crippen LogP contribution in [0.1, 0.15) is 17.3 Å². The lowest BCUT2D eigenvalue weighted by atomic mass is 10.2. The lowest BCUT2D eigenvalue weighted by molar-refractivity contribution is 0.0922. The van der Waals surface area contributed by atoms with E-state index in [2.05, 4.69) is 5.32 Å². The number of amides is 1. The molecule has 1 aromatic rings. The quantitative estimate of drug-likeness (QED) is 0.860. The van der Waals surface area contributed by atoms with E-state index in [0.29, 0.717) is 15.6 Å². The van der Waals surface area contributed by atoms with E-state index in [1.165, 1.54) is 12.1 Å². The van der Waals surface area contributed by atoms with Crippen molar-refractivity contribution in [2.45, 2.75) is 13.0 Å². The van der Waals surface area contributed by atoms with Gasteiger partial charge < -0.3 is 10.4 Å². The van der Waals surface area contributed by atoms with Gasteiger partial charge in [0.05, 0.1) is 6.61 Å². The Bertz CT molecular complexity index is 348. The summed E-state index contributed by atoms with van der Waals surface area (Å²) >= 11 is 11.5. The van der Waals surface area contributed by atoms with Crippen LogP contribution in [0.15, 0.2) is 18.2 Å². The van der Waals surface area contributed by atoms with Crippen LogP contribution in [0, 0.1) is 0 Å². The molecular weight excluding hydrogens is 237 g/mol. The van der Waals surface area contributed by atoms with Crippen LogP contribution < -0.4 is 5.32 Å². The average Bonchev–Trinajstić information content (AvgIpc) is 2.16. The van der Waals surface area contributed by atoms with Crippen molar-refractivity contribution in [1.29, 1.82) is 0 Å². The monoisotopic (exact) mass is 247 g/mol. The number of carbonyl (C=O) groups is 1. The third kappa shape index (κ3) is 3.70. The second-order valence-corrected chi connectivity index (χ2v) is 4.09. The summed E-state index contributed by atoms with van der Waals surface area (Å²) in [5.74, 6) is -0.305. The van der Waals surface area contributed by atoms with E-state index < -0.39 is 0 Å². The second kappa shape index (κ2) is 5.35. The Balaban J connectivity index is 2.82. The van der Waals surface area contributed by atoms with Crippen LogP contribution >= 0.6 is 23.2 Å². The molecule has 0 saturated carbocycles. The normalized spacial score (nSPS) is 12.3. The number of carbonyl (C=O) groups excluding carboxylic acids is 1. The molecule has 0 bridgehead atoms. The van der Waals surface area contributed by atoms with Gasteiger partial charge in [-0.05, 0) is 25.1 Å². The summed E-state index contributed by atoms with van der Waals surface area (Å²) in [6.45, 7) is 1.59. The second-order valence-electron chi connectivity index (χ2n) is 3.22. The molecule has 0 saturated heterocycles. The zero-order valence-corrected chi connectivity index (χ0v) is 9.64. The van der Waals surface area contributed by atoms with Gasteiger partial charge in [-0.3, -0.25) is 4.79 Å². The highest BCUT2D eigenvalue weighted by atomic mass is 35.5. The predicted octanol–water partition coefficient (Wildman–Crippen LogP) is 2.10. The van der Waals surface area contributed by atoms with Gasteiger partial charge in [0.15, 0.2) is 0 Å². The van der Waals surface area contributed by atoms with Crippen LogP contribution in [0.3, 0.4) is 0 Å². The molecule has 0 aliphatic heterocycles. The van der Waals surface area contributed by atoms with E-state index in [9.17, 15) is 4.79 Å². The van der Waals surface area contributed by atoms with Crippen molar-refractivity contribution >= 4 is 29.1 Å². The van der Waals surface area contributed by atoms with Crippen molar-refractivity contribution < 1.29 is 9.90 Å². The molecule has 1 atom stereocenters. The summed E-state index contributed by atoms with van der Waals surface area (Å²) in [5, 5.41) is 12.2. The molecular formula is C10H11Cl2NO2. The Morgan fingerprint density at radius 2 is 1.93 bits per heavy atom. The van der Waals surface area contributed by atoms with Gasteiger partial charge in [0.2, 0.25) is 0 Å². The average molecular weight is 248 g/mol. The van der Waals surface area contributed by atoms with Crippen molar-refractivity contribution in [3.8, 4) is 0 Å². The van der Waals surface area contributed by atoms with E-state index >= 15 is 0 Å². The van der Waals surface area contributed by atoms with E-state index in [1.807, 2.05) is 0 Å². The van der Waals surface area contributed by atoms with E-state index in [4.69, 9.17) is 28.3 Å². The van der Waals surface area contributed by atoms with Crippen molar-refractivity contribution in [1.82, 2.24) is 5.32 Å². The maximum absolute atomic E-state index is 11.6. The zero-order valence-electron chi connectivity index (χ0n) is 8.13. The fourth-order valence-corrected chi connectivity index (χ4v) is 1.56. The molecule has 0 aromatic heterocycles. The summed E-state index contributed by atoms with van der Waals surface area (Å²) in [6, 6.07) is 4.30. The van der Waals surface area contributed by atoms with Gasteiger partial charge in [-0.2, -0.15) is 0 Å². The Morgan fingerprint density at radius 3 is 2.40 bits per heavy atom. The van der Waals surface area contributed by atoms with Gasteiger partial charge in [-0.15, -0.1) is 0 Å². The van der Waals surface area contributed by atoms with Crippen LogP contribution in [0.4, 0.5) is 0 Å². The molecule has 0 spiro atoms. The topological polar surface area (TPSA) is 49.3 Å². The number of hydrogen-bond donors (Lipinski definition) is 2. The summed E-state index contributed by atoms with van der Waals surface area (Å²) in [7, 11) is 0. The van der Waals surface area contributed by atoms with Crippen LogP contribution in [0.25, 0.3) is 0 Å². The van der Waals surface area contributed by atoms with Crippen molar-refractivity contribution in [2.24, 2.45) is 0 Å². The molecule has 0 aliphatic rings. The van der Waals surface area contributed by atoms with Crippen LogP contribution in [0.5, 0.6) is 0 Å². The number of halogens is 2. The SMILES string of the molecule is C[C@@H](CO)NC(=O)c1cc(Cl)cc(Cl)c1. The highest BCUT2D eigenvalue weighted by Gasteiger charge is 2.10. The third-order valence-corrected chi connectivity index (χ3v) is 2.21. The zero-order chi connectivity index (χ0) is 11.4. The predicted molar refractivity (Wildman–Crippen MR) is 60.5 cm³/mol. The van der Waals surface area contributed by atoms with E-state index in [1.54, 1.807) is 13.0 Å². The number of rotatable bonds is 3. The minimum Gasteiger partial charge on any atom is -0.394 e. The van der Waals surface area contributed by atoms with Gasteiger partial charge in [0.25, 0.3) is 5.91 Å². The Hall–Kier alpha value is -0.770. The van der Waals surface area contributed by atoms with Gasteiger partial charge >= 0.3 is 0 Å². The number of aliphatic hydroxyl groups is 1. The summed E-state index contributed by atoms with van der Waals surface area (Å²) < 4.78 is 0. The molecule has 3 nitrogen and oxygen atoms in total. The molecule has 5 heteroatoms. The maximum atomic E-state index is 11.6. The minimum atomic E-state index is -0.305. The first-order valence-corrected chi connectivity index (χ1v) is 5.16. The van der Waals surface area contributed by atoms with Gasteiger partial charge in [0, 0.05) is 21.7 Å². The summed E-state index contributed by atoms with van der Waals surface area (Å²) in [4.78, 5) is 11.6.